The molecule has 4 aromatic carbocycles. The number of phenols is 1. The van der Waals surface area contributed by atoms with E-state index in [1.165, 1.54) is 6.07 Å². The first-order valence-electron chi connectivity index (χ1n) is 13.5. The normalized spacial score (nSPS) is 11.8. The highest BCUT2D eigenvalue weighted by atomic mass is 32.2. The van der Waals surface area contributed by atoms with Crippen LogP contribution in [-0.4, -0.2) is 39.6 Å². The first kappa shape index (κ1) is 29.5. The summed E-state index contributed by atoms with van der Waals surface area (Å²) in [4.78, 5) is 15.0. The number of aromatic hydroxyl groups is 1. The molecule has 0 radical (unpaired) electrons. The Hall–Kier alpha value is -4.94. The zero-order valence-electron chi connectivity index (χ0n) is 24.4. The van der Waals surface area contributed by atoms with E-state index in [0.717, 1.165) is 22.4 Å². The molecule has 0 aliphatic rings. The van der Waals surface area contributed by atoms with E-state index in [2.05, 4.69) is 30.5 Å². The minimum Gasteiger partial charge on any atom is -0.505 e. The molecule has 0 amide bonds. The minimum absolute atomic E-state index is 0.223. The van der Waals surface area contributed by atoms with Crippen LogP contribution in [0.25, 0.3) is 10.8 Å². The van der Waals surface area contributed by atoms with Gasteiger partial charge in [0.15, 0.2) is 5.75 Å². The zero-order valence-corrected chi connectivity index (χ0v) is 25.2. The lowest BCUT2D eigenvalue weighted by Crippen LogP contribution is -2.20. The van der Waals surface area contributed by atoms with Gasteiger partial charge in [-0.05, 0) is 87.0 Å². The maximum Gasteiger partial charge on any atom is 0.296 e. The molecular weight excluding hydrogens is 566 g/mol. The standard InChI is InChI=1S/C31H31N7O4S/c1-6-38(23-10-8-7-9-11-23)31-33-21(5)32-30(35-31)34-25-16-19(3)14-22-17-26(43(40,41)42)28(29(39)27(22)25)37-36-24-15-18(2)12-13-20(24)4/h7-17,39H,6H2,1-5H3,(H,40,41,42)(H,32,33,34,35). The van der Waals surface area contributed by atoms with Crippen molar-refractivity contribution in [3.05, 3.63) is 89.2 Å². The Balaban J connectivity index is 1.66. The fourth-order valence-electron chi connectivity index (χ4n) is 4.77. The van der Waals surface area contributed by atoms with Crippen molar-refractivity contribution in [3.63, 3.8) is 0 Å². The Morgan fingerprint density at radius 1 is 0.884 bits per heavy atom. The minimum atomic E-state index is -4.78. The molecule has 220 valence electrons. The highest BCUT2D eigenvalue weighted by molar-refractivity contribution is 7.86. The topological polar surface area (TPSA) is 153 Å². The number of anilines is 4. The van der Waals surface area contributed by atoms with Crippen molar-refractivity contribution in [2.75, 3.05) is 16.8 Å². The molecular formula is C31H31N7O4S. The van der Waals surface area contributed by atoms with Crippen LogP contribution < -0.4 is 10.2 Å². The lowest BCUT2D eigenvalue weighted by atomic mass is 10.0. The molecule has 5 rings (SSSR count). The van der Waals surface area contributed by atoms with Gasteiger partial charge in [-0.3, -0.25) is 4.55 Å². The van der Waals surface area contributed by atoms with E-state index < -0.39 is 26.5 Å². The summed E-state index contributed by atoms with van der Waals surface area (Å²) in [5, 5.41) is 23.6. The molecule has 1 aromatic heterocycles. The van der Waals surface area contributed by atoms with E-state index >= 15 is 0 Å². The van der Waals surface area contributed by atoms with E-state index in [1.54, 1.807) is 25.1 Å². The van der Waals surface area contributed by atoms with Crippen molar-refractivity contribution in [2.24, 2.45) is 10.2 Å². The molecule has 0 atom stereocenters. The number of aryl methyl sites for hydroxylation is 4. The van der Waals surface area contributed by atoms with Crippen LogP contribution in [0.4, 0.5) is 34.6 Å². The van der Waals surface area contributed by atoms with Crippen LogP contribution in [-0.2, 0) is 10.1 Å². The third kappa shape index (κ3) is 6.30. The van der Waals surface area contributed by atoms with Gasteiger partial charge in [0, 0.05) is 17.6 Å². The Bertz CT molecular complexity index is 1980. The number of hydrogen-bond donors (Lipinski definition) is 3. The molecule has 11 nitrogen and oxygen atoms in total. The van der Waals surface area contributed by atoms with Gasteiger partial charge >= 0.3 is 0 Å². The number of hydrogen-bond acceptors (Lipinski definition) is 10. The number of phenolic OH excluding ortho intramolecular Hbond substituents is 1. The van der Waals surface area contributed by atoms with Gasteiger partial charge < -0.3 is 15.3 Å². The van der Waals surface area contributed by atoms with Crippen LogP contribution in [0.3, 0.4) is 0 Å². The zero-order chi connectivity index (χ0) is 30.9. The van der Waals surface area contributed by atoms with Gasteiger partial charge in [-0.1, -0.05) is 36.4 Å². The number of nitrogens with one attached hydrogen (secondary N) is 1. The van der Waals surface area contributed by atoms with E-state index in [9.17, 15) is 18.1 Å². The Morgan fingerprint density at radius 2 is 1.63 bits per heavy atom. The van der Waals surface area contributed by atoms with Crippen LogP contribution in [0.15, 0.2) is 81.9 Å². The average Bonchev–Trinajstić information content (AvgIpc) is 2.94. The van der Waals surface area contributed by atoms with Gasteiger partial charge in [0.1, 0.15) is 16.4 Å². The van der Waals surface area contributed by atoms with Crippen molar-refractivity contribution in [1.29, 1.82) is 0 Å². The molecule has 1 heterocycles. The largest absolute Gasteiger partial charge is 0.505 e. The molecule has 12 heteroatoms. The molecule has 0 aliphatic carbocycles. The van der Waals surface area contributed by atoms with Crippen molar-refractivity contribution in [3.8, 4) is 5.75 Å². The van der Waals surface area contributed by atoms with Crippen molar-refractivity contribution in [1.82, 2.24) is 15.0 Å². The summed E-state index contributed by atoms with van der Waals surface area (Å²) in [6.07, 6.45) is 0. The molecule has 0 aliphatic heterocycles. The summed E-state index contributed by atoms with van der Waals surface area (Å²) in [6, 6.07) is 20.0. The quantitative estimate of drug-likeness (QED) is 0.122. The molecule has 5 aromatic rings. The summed E-state index contributed by atoms with van der Waals surface area (Å²) in [6.45, 7) is 9.90. The summed E-state index contributed by atoms with van der Waals surface area (Å²) in [7, 11) is -4.78. The summed E-state index contributed by atoms with van der Waals surface area (Å²) in [5.74, 6) is 0.647. The van der Waals surface area contributed by atoms with Gasteiger partial charge in [-0.25, -0.2) is 0 Å². The number of para-hydroxylation sites is 1. The summed E-state index contributed by atoms with van der Waals surface area (Å²) >= 11 is 0. The Morgan fingerprint density at radius 3 is 2.33 bits per heavy atom. The number of benzene rings is 4. The van der Waals surface area contributed by atoms with E-state index in [0.29, 0.717) is 35.1 Å². The molecule has 0 spiro atoms. The number of rotatable bonds is 8. The van der Waals surface area contributed by atoms with Crippen molar-refractivity contribution >= 4 is 55.5 Å². The van der Waals surface area contributed by atoms with Crippen LogP contribution >= 0.6 is 0 Å². The maximum absolute atomic E-state index is 12.4. The fraction of sp³-hybridized carbons (Fsp3) is 0.194. The lowest BCUT2D eigenvalue weighted by Gasteiger charge is -2.21. The number of azo groups is 1. The van der Waals surface area contributed by atoms with Gasteiger partial charge in [-0.2, -0.15) is 28.5 Å². The summed E-state index contributed by atoms with van der Waals surface area (Å²) in [5.41, 5.74) is 3.91. The molecule has 0 fully saturated rings. The van der Waals surface area contributed by atoms with Crippen LogP contribution in [0.2, 0.25) is 0 Å². The highest BCUT2D eigenvalue weighted by Gasteiger charge is 2.24. The Labute approximate surface area is 249 Å². The molecule has 0 saturated heterocycles. The SMILES string of the molecule is CCN(c1ccccc1)c1nc(C)nc(Nc2cc(C)cc3cc(S(=O)(=O)O)c(N=Nc4cc(C)ccc4C)c(O)c23)n1. The molecule has 0 saturated carbocycles. The van der Waals surface area contributed by atoms with Crippen LogP contribution in [0.5, 0.6) is 5.75 Å². The Kier molecular flexibility index (Phi) is 8.07. The highest BCUT2D eigenvalue weighted by Crippen LogP contribution is 2.45. The number of aromatic nitrogens is 3. The van der Waals surface area contributed by atoms with Crippen molar-refractivity contribution < 1.29 is 18.1 Å². The van der Waals surface area contributed by atoms with E-state index in [4.69, 9.17) is 0 Å². The second kappa shape index (κ2) is 11.7. The van der Waals surface area contributed by atoms with Gasteiger partial charge in [0.25, 0.3) is 10.1 Å². The molecule has 0 unspecified atom stereocenters. The molecule has 0 bridgehead atoms. The third-order valence-electron chi connectivity index (χ3n) is 6.80. The molecule has 43 heavy (non-hydrogen) atoms. The average molecular weight is 598 g/mol. The molecule has 3 N–H and O–H groups in total. The predicted octanol–water partition coefficient (Wildman–Crippen LogP) is 7.53. The smallest absolute Gasteiger partial charge is 0.296 e. The first-order valence-corrected chi connectivity index (χ1v) is 15.0. The van der Waals surface area contributed by atoms with Gasteiger partial charge in [0.05, 0.1) is 11.4 Å². The monoisotopic (exact) mass is 597 g/mol. The number of nitrogens with zero attached hydrogens (tertiary/aromatic N) is 6. The van der Waals surface area contributed by atoms with Crippen LogP contribution in [0, 0.1) is 27.7 Å². The van der Waals surface area contributed by atoms with E-state index in [1.807, 2.05) is 75.1 Å². The predicted molar refractivity (Wildman–Crippen MR) is 167 cm³/mol. The maximum atomic E-state index is 12.4. The second-order valence-corrected chi connectivity index (χ2v) is 11.5. The summed E-state index contributed by atoms with van der Waals surface area (Å²) < 4.78 is 34.9. The second-order valence-electron chi connectivity index (χ2n) is 10.2. The van der Waals surface area contributed by atoms with Gasteiger partial charge in [0.2, 0.25) is 11.9 Å². The first-order chi connectivity index (χ1) is 20.4. The van der Waals surface area contributed by atoms with Crippen molar-refractivity contribution in [2.45, 2.75) is 39.5 Å². The fourth-order valence-corrected chi connectivity index (χ4v) is 5.43. The van der Waals surface area contributed by atoms with E-state index in [-0.39, 0.29) is 11.3 Å². The van der Waals surface area contributed by atoms with Gasteiger partial charge in [-0.15, -0.1) is 5.11 Å². The number of fused-ring (bicyclic) bond motifs is 1. The third-order valence-corrected chi connectivity index (χ3v) is 7.67. The lowest BCUT2D eigenvalue weighted by molar-refractivity contribution is 0.472. The van der Waals surface area contributed by atoms with Crippen LogP contribution in [0.1, 0.15) is 29.4 Å².